The van der Waals surface area contributed by atoms with Crippen molar-refractivity contribution in [3.63, 3.8) is 0 Å². The Labute approximate surface area is 166 Å². The number of benzene rings is 2. The van der Waals surface area contributed by atoms with Crippen molar-refractivity contribution in [2.45, 2.75) is 34.1 Å². The van der Waals surface area contributed by atoms with Crippen molar-refractivity contribution in [1.29, 1.82) is 0 Å². The lowest BCUT2D eigenvalue weighted by molar-refractivity contribution is 0.564. The molecule has 0 fully saturated rings. The Balaban J connectivity index is 1.93. The van der Waals surface area contributed by atoms with E-state index in [2.05, 4.69) is 37.4 Å². The molecule has 0 aliphatic carbocycles. The van der Waals surface area contributed by atoms with Gasteiger partial charge in [-0.3, -0.25) is 0 Å². The molecule has 2 nitrogen and oxygen atoms in total. The van der Waals surface area contributed by atoms with E-state index >= 15 is 0 Å². The van der Waals surface area contributed by atoms with E-state index in [9.17, 15) is 4.39 Å². The van der Waals surface area contributed by atoms with Gasteiger partial charge in [0, 0.05) is 11.3 Å². The van der Waals surface area contributed by atoms with Crippen LogP contribution in [0.2, 0.25) is 0 Å². The van der Waals surface area contributed by atoms with Gasteiger partial charge in [0.15, 0.2) is 5.76 Å². The first-order valence-corrected chi connectivity index (χ1v) is 9.55. The lowest BCUT2D eigenvalue weighted by Crippen LogP contribution is -2.12. The van der Waals surface area contributed by atoms with Gasteiger partial charge in [-0.15, -0.1) is 0 Å². The van der Waals surface area contributed by atoms with Gasteiger partial charge in [0.25, 0.3) is 0 Å². The molecule has 2 aromatic carbocycles. The maximum Gasteiger partial charge on any atom is 0.150 e. The van der Waals surface area contributed by atoms with Crippen molar-refractivity contribution in [3.8, 4) is 11.3 Å². The fraction of sp³-hybridized carbons (Fsp3) is 0.200. The zero-order valence-electron chi connectivity index (χ0n) is 16.8. The molecule has 3 aromatic rings. The first-order chi connectivity index (χ1) is 13.5. The average molecular weight is 375 g/mol. The summed E-state index contributed by atoms with van der Waals surface area (Å²) in [5.74, 6) is 1.37. The molecule has 3 rings (SSSR count). The smallest absolute Gasteiger partial charge is 0.150 e. The maximum absolute atomic E-state index is 13.3. The molecule has 0 saturated heterocycles. The van der Waals surface area contributed by atoms with Crippen LogP contribution in [0.15, 0.2) is 76.7 Å². The molecule has 0 unspecified atom stereocenters. The van der Waals surface area contributed by atoms with Gasteiger partial charge in [-0.2, -0.15) is 0 Å². The minimum atomic E-state index is -0.241. The first-order valence-electron chi connectivity index (χ1n) is 9.55. The van der Waals surface area contributed by atoms with Gasteiger partial charge in [0.05, 0.1) is 5.70 Å². The van der Waals surface area contributed by atoms with Crippen LogP contribution in [0.3, 0.4) is 0 Å². The molecule has 1 N–H and O–H groups in total. The monoisotopic (exact) mass is 375 g/mol. The quantitative estimate of drug-likeness (QED) is 0.493. The summed E-state index contributed by atoms with van der Waals surface area (Å²) in [4.78, 5) is 0. The molecular weight excluding hydrogens is 349 g/mol. The third-order valence-corrected chi connectivity index (χ3v) is 4.47. The first kappa shape index (κ1) is 19.7. The number of aryl methyl sites for hydroxylation is 1. The van der Waals surface area contributed by atoms with E-state index < -0.39 is 0 Å². The summed E-state index contributed by atoms with van der Waals surface area (Å²) in [7, 11) is 0. The van der Waals surface area contributed by atoms with Gasteiger partial charge < -0.3 is 9.73 Å². The third-order valence-electron chi connectivity index (χ3n) is 4.47. The number of rotatable bonds is 6. The lowest BCUT2D eigenvalue weighted by Gasteiger charge is -2.15. The Morgan fingerprint density at radius 2 is 1.79 bits per heavy atom. The van der Waals surface area contributed by atoms with E-state index in [1.54, 1.807) is 12.1 Å². The number of hydrogen-bond acceptors (Lipinski definition) is 2. The van der Waals surface area contributed by atoms with E-state index in [4.69, 9.17) is 4.42 Å². The minimum absolute atomic E-state index is 0.241. The molecule has 0 saturated carbocycles. The van der Waals surface area contributed by atoms with Crippen LogP contribution in [0, 0.1) is 12.7 Å². The highest BCUT2D eigenvalue weighted by atomic mass is 19.1. The number of halogens is 1. The summed E-state index contributed by atoms with van der Waals surface area (Å²) in [6.07, 6.45) is 2.97. The van der Waals surface area contributed by atoms with Crippen LogP contribution in [-0.2, 0) is 0 Å². The average Bonchev–Trinajstić information content (AvgIpc) is 3.16. The molecule has 144 valence electrons. The molecule has 0 bridgehead atoms. The minimum Gasteiger partial charge on any atom is -0.455 e. The van der Waals surface area contributed by atoms with Crippen molar-refractivity contribution < 1.29 is 8.81 Å². The molecule has 0 amide bonds. The topological polar surface area (TPSA) is 25.2 Å². The molecule has 0 atom stereocenters. The zero-order chi connectivity index (χ0) is 20.1. The van der Waals surface area contributed by atoms with Gasteiger partial charge in [0.2, 0.25) is 0 Å². The predicted molar refractivity (Wildman–Crippen MR) is 115 cm³/mol. The Morgan fingerprint density at radius 1 is 1.04 bits per heavy atom. The number of nitrogens with one attached hydrogen (secondary N) is 1. The molecule has 0 aliphatic heterocycles. The summed E-state index contributed by atoms with van der Waals surface area (Å²) in [6.45, 7) is 8.23. The Bertz CT molecular complexity index is 1010. The van der Waals surface area contributed by atoms with Crippen LogP contribution in [0.5, 0.6) is 0 Å². The van der Waals surface area contributed by atoms with Crippen molar-refractivity contribution in [2.24, 2.45) is 0 Å². The normalized spacial score (nSPS) is 11.4. The van der Waals surface area contributed by atoms with Gasteiger partial charge >= 0.3 is 0 Å². The van der Waals surface area contributed by atoms with E-state index in [-0.39, 0.29) is 5.82 Å². The predicted octanol–water partition coefficient (Wildman–Crippen LogP) is 7.19. The van der Waals surface area contributed by atoms with Crippen LogP contribution >= 0.6 is 0 Å². The van der Waals surface area contributed by atoms with Gasteiger partial charge in [-0.1, -0.05) is 42.3 Å². The molecule has 28 heavy (non-hydrogen) atoms. The van der Waals surface area contributed by atoms with Crippen LogP contribution in [0.4, 0.5) is 4.39 Å². The zero-order valence-corrected chi connectivity index (χ0v) is 16.8. The van der Waals surface area contributed by atoms with Crippen LogP contribution in [0.25, 0.3) is 22.7 Å². The van der Waals surface area contributed by atoms with Gasteiger partial charge in [-0.25, -0.2) is 4.39 Å². The maximum atomic E-state index is 13.3. The number of allylic oxidation sites excluding steroid dienone is 2. The SMILES string of the molecule is CC/C=C(/NC(=C(C)C)c1ccc(F)cc1)c1ccc(-c2cccc(C)c2)o1. The highest BCUT2D eigenvalue weighted by molar-refractivity contribution is 5.77. The van der Waals surface area contributed by atoms with Gasteiger partial charge in [0.1, 0.15) is 11.6 Å². The third kappa shape index (κ3) is 4.61. The highest BCUT2D eigenvalue weighted by Crippen LogP contribution is 2.28. The summed E-state index contributed by atoms with van der Waals surface area (Å²) >= 11 is 0. The number of hydrogen-bond donors (Lipinski definition) is 1. The highest BCUT2D eigenvalue weighted by Gasteiger charge is 2.12. The summed E-state index contributed by atoms with van der Waals surface area (Å²) in [5, 5.41) is 3.51. The van der Waals surface area contributed by atoms with E-state index in [1.807, 2.05) is 38.1 Å². The second-order valence-corrected chi connectivity index (χ2v) is 7.07. The largest absolute Gasteiger partial charge is 0.455 e. The van der Waals surface area contributed by atoms with Crippen LogP contribution < -0.4 is 5.32 Å². The molecular formula is C25H26FNO. The van der Waals surface area contributed by atoms with Crippen molar-refractivity contribution >= 4 is 11.4 Å². The van der Waals surface area contributed by atoms with Crippen molar-refractivity contribution in [3.05, 3.63) is 95.0 Å². The Morgan fingerprint density at radius 3 is 2.43 bits per heavy atom. The fourth-order valence-electron chi connectivity index (χ4n) is 3.09. The molecule has 1 heterocycles. The molecule has 0 aliphatic rings. The van der Waals surface area contributed by atoms with Crippen LogP contribution in [0.1, 0.15) is 44.1 Å². The lowest BCUT2D eigenvalue weighted by atomic mass is 10.1. The van der Waals surface area contributed by atoms with Crippen LogP contribution in [-0.4, -0.2) is 0 Å². The summed E-state index contributed by atoms with van der Waals surface area (Å²) in [5.41, 5.74) is 6.16. The number of furan rings is 1. The fourth-order valence-corrected chi connectivity index (χ4v) is 3.09. The standard InChI is InChI=1S/C25H26FNO/c1-5-7-22(27-25(17(2)3)19-10-12-21(26)13-11-19)24-15-14-23(28-24)20-9-6-8-18(4)16-20/h6-16,27H,5H2,1-4H3/b22-7+. The molecule has 1 aromatic heterocycles. The summed E-state index contributed by atoms with van der Waals surface area (Å²) in [6, 6.07) is 18.8. The Kier molecular flexibility index (Phi) is 6.15. The van der Waals surface area contributed by atoms with E-state index in [0.29, 0.717) is 0 Å². The van der Waals surface area contributed by atoms with Crippen molar-refractivity contribution in [2.75, 3.05) is 0 Å². The van der Waals surface area contributed by atoms with E-state index in [0.717, 1.165) is 46.0 Å². The summed E-state index contributed by atoms with van der Waals surface area (Å²) < 4.78 is 19.5. The second kappa shape index (κ2) is 8.75. The molecule has 0 spiro atoms. The Hall–Kier alpha value is -3.07. The second-order valence-electron chi connectivity index (χ2n) is 7.07. The molecule has 0 radical (unpaired) electrons. The van der Waals surface area contributed by atoms with E-state index in [1.165, 1.54) is 17.7 Å². The van der Waals surface area contributed by atoms with Crippen molar-refractivity contribution in [1.82, 2.24) is 5.32 Å². The van der Waals surface area contributed by atoms with Gasteiger partial charge in [-0.05, 0) is 75.2 Å². The molecule has 3 heteroatoms.